The standard InChI is InChI=1S/C15H30N2O/c1-5-16-12-7-9-17(10-8-12)13-11-14(18-6-2)15(13,3)4/h12-14,16H,5-11H2,1-4H3. The summed E-state index contributed by atoms with van der Waals surface area (Å²) in [5.41, 5.74) is 0.334. The Labute approximate surface area is 112 Å². The number of rotatable bonds is 5. The Kier molecular flexibility index (Phi) is 4.68. The van der Waals surface area contributed by atoms with Crippen molar-refractivity contribution in [2.24, 2.45) is 5.41 Å². The highest BCUT2D eigenvalue weighted by Gasteiger charge is 2.51. The predicted molar refractivity (Wildman–Crippen MR) is 75.9 cm³/mol. The van der Waals surface area contributed by atoms with Gasteiger partial charge in [0.25, 0.3) is 0 Å². The number of hydrogen-bond acceptors (Lipinski definition) is 3. The van der Waals surface area contributed by atoms with Crippen LogP contribution in [0.25, 0.3) is 0 Å². The Morgan fingerprint density at radius 1 is 1.22 bits per heavy atom. The van der Waals surface area contributed by atoms with Crippen LogP contribution in [0.15, 0.2) is 0 Å². The van der Waals surface area contributed by atoms with E-state index in [1.165, 1.54) is 32.4 Å². The lowest BCUT2D eigenvalue weighted by molar-refractivity contribution is -0.153. The quantitative estimate of drug-likeness (QED) is 0.814. The van der Waals surface area contributed by atoms with Gasteiger partial charge >= 0.3 is 0 Å². The van der Waals surface area contributed by atoms with Crippen molar-refractivity contribution in [3.8, 4) is 0 Å². The third-order valence-electron chi connectivity index (χ3n) is 4.96. The van der Waals surface area contributed by atoms with E-state index in [2.05, 4.69) is 37.9 Å². The van der Waals surface area contributed by atoms with Gasteiger partial charge in [-0.2, -0.15) is 0 Å². The molecule has 1 aliphatic heterocycles. The first kappa shape index (κ1) is 14.3. The zero-order valence-electron chi connectivity index (χ0n) is 12.5. The summed E-state index contributed by atoms with van der Waals surface area (Å²) < 4.78 is 5.83. The number of piperidine rings is 1. The zero-order chi connectivity index (χ0) is 13.2. The molecule has 2 fully saturated rings. The van der Waals surface area contributed by atoms with E-state index < -0.39 is 0 Å². The molecule has 1 heterocycles. The molecular weight excluding hydrogens is 224 g/mol. The van der Waals surface area contributed by atoms with Crippen LogP contribution in [0.4, 0.5) is 0 Å². The molecule has 2 rings (SSSR count). The van der Waals surface area contributed by atoms with Crippen molar-refractivity contribution in [3.05, 3.63) is 0 Å². The topological polar surface area (TPSA) is 24.5 Å². The van der Waals surface area contributed by atoms with Crippen LogP contribution < -0.4 is 5.32 Å². The minimum Gasteiger partial charge on any atom is -0.378 e. The Hall–Kier alpha value is -0.120. The number of nitrogens with zero attached hydrogens (tertiary/aromatic N) is 1. The largest absolute Gasteiger partial charge is 0.378 e. The maximum Gasteiger partial charge on any atom is 0.0655 e. The summed E-state index contributed by atoms with van der Waals surface area (Å²) in [6.07, 6.45) is 4.31. The molecule has 0 spiro atoms. The molecule has 1 aliphatic carbocycles. The molecule has 0 amide bonds. The molecule has 3 heteroatoms. The molecule has 1 saturated heterocycles. The van der Waals surface area contributed by atoms with Gasteiger partial charge in [-0.15, -0.1) is 0 Å². The van der Waals surface area contributed by atoms with Crippen molar-refractivity contribution in [3.63, 3.8) is 0 Å². The van der Waals surface area contributed by atoms with Gasteiger partial charge in [0.15, 0.2) is 0 Å². The van der Waals surface area contributed by atoms with Gasteiger partial charge in [0.05, 0.1) is 6.10 Å². The first-order chi connectivity index (χ1) is 8.59. The van der Waals surface area contributed by atoms with Crippen LogP contribution in [0, 0.1) is 5.41 Å². The third-order valence-corrected chi connectivity index (χ3v) is 4.96. The Morgan fingerprint density at radius 2 is 1.89 bits per heavy atom. The smallest absolute Gasteiger partial charge is 0.0655 e. The lowest BCUT2D eigenvalue weighted by Gasteiger charge is -2.57. The van der Waals surface area contributed by atoms with Crippen molar-refractivity contribution in [2.75, 3.05) is 26.2 Å². The van der Waals surface area contributed by atoms with Gasteiger partial charge in [0.2, 0.25) is 0 Å². The van der Waals surface area contributed by atoms with Crippen molar-refractivity contribution < 1.29 is 4.74 Å². The predicted octanol–water partition coefficient (Wildman–Crippen LogP) is 2.26. The van der Waals surface area contributed by atoms with Crippen LogP contribution in [-0.4, -0.2) is 49.3 Å². The summed E-state index contributed by atoms with van der Waals surface area (Å²) in [6, 6.07) is 1.48. The number of ether oxygens (including phenoxy) is 1. The highest BCUT2D eigenvalue weighted by molar-refractivity contribution is 5.04. The van der Waals surface area contributed by atoms with E-state index in [4.69, 9.17) is 4.74 Å². The molecule has 1 saturated carbocycles. The lowest BCUT2D eigenvalue weighted by Crippen LogP contribution is -2.63. The van der Waals surface area contributed by atoms with E-state index in [0.29, 0.717) is 11.5 Å². The molecule has 106 valence electrons. The summed E-state index contributed by atoms with van der Waals surface area (Å²) in [5, 5.41) is 3.58. The second-order valence-electron chi connectivity index (χ2n) is 6.38. The summed E-state index contributed by atoms with van der Waals surface area (Å²) in [6.45, 7) is 13.5. The van der Waals surface area contributed by atoms with E-state index in [9.17, 15) is 0 Å². The van der Waals surface area contributed by atoms with Gasteiger partial charge in [-0.05, 0) is 45.8 Å². The number of likely N-dealkylation sites (tertiary alicyclic amines) is 1. The van der Waals surface area contributed by atoms with Gasteiger partial charge in [0.1, 0.15) is 0 Å². The minimum atomic E-state index is 0.334. The zero-order valence-corrected chi connectivity index (χ0v) is 12.5. The molecule has 0 aromatic carbocycles. The molecule has 2 aliphatic rings. The van der Waals surface area contributed by atoms with Gasteiger partial charge in [-0.3, -0.25) is 4.90 Å². The molecule has 2 atom stereocenters. The van der Waals surface area contributed by atoms with Crippen LogP contribution in [0.3, 0.4) is 0 Å². The van der Waals surface area contributed by atoms with E-state index in [0.717, 1.165) is 25.2 Å². The first-order valence-electron chi connectivity index (χ1n) is 7.68. The second kappa shape index (κ2) is 5.89. The summed E-state index contributed by atoms with van der Waals surface area (Å²) in [5.74, 6) is 0. The number of hydrogen-bond donors (Lipinski definition) is 1. The molecule has 0 radical (unpaired) electrons. The maximum absolute atomic E-state index is 5.83. The lowest BCUT2D eigenvalue weighted by atomic mass is 9.63. The van der Waals surface area contributed by atoms with Crippen LogP contribution in [0.2, 0.25) is 0 Å². The van der Waals surface area contributed by atoms with Gasteiger partial charge in [-0.25, -0.2) is 0 Å². The first-order valence-corrected chi connectivity index (χ1v) is 7.68. The summed E-state index contributed by atoms with van der Waals surface area (Å²) >= 11 is 0. The summed E-state index contributed by atoms with van der Waals surface area (Å²) in [7, 11) is 0. The van der Waals surface area contributed by atoms with Crippen LogP contribution >= 0.6 is 0 Å². The fraction of sp³-hybridized carbons (Fsp3) is 1.00. The molecular formula is C15H30N2O. The molecule has 0 bridgehead atoms. The van der Waals surface area contributed by atoms with Gasteiger partial charge in [-0.1, -0.05) is 20.8 Å². The Bertz CT molecular complexity index is 259. The van der Waals surface area contributed by atoms with Crippen molar-refractivity contribution in [2.45, 2.75) is 65.1 Å². The second-order valence-corrected chi connectivity index (χ2v) is 6.38. The van der Waals surface area contributed by atoms with Crippen LogP contribution in [0.1, 0.15) is 47.0 Å². The van der Waals surface area contributed by atoms with Gasteiger partial charge in [0, 0.05) is 24.1 Å². The molecule has 1 N–H and O–H groups in total. The Balaban J connectivity index is 1.81. The van der Waals surface area contributed by atoms with Crippen molar-refractivity contribution in [1.82, 2.24) is 10.2 Å². The third kappa shape index (κ3) is 2.73. The summed E-state index contributed by atoms with van der Waals surface area (Å²) in [4.78, 5) is 2.70. The molecule has 18 heavy (non-hydrogen) atoms. The fourth-order valence-corrected chi connectivity index (χ4v) is 3.67. The SMILES string of the molecule is CCNC1CCN(C2CC(OCC)C2(C)C)CC1. The molecule has 0 aromatic rings. The van der Waals surface area contributed by atoms with Crippen molar-refractivity contribution >= 4 is 0 Å². The van der Waals surface area contributed by atoms with E-state index in [-0.39, 0.29) is 0 Å². The minimum absolute atomic E-state index is 0.334. The fourth-order valence-electron chi connectivity index (χ4n) is 3.67. The van der Waals surface area contributed by atoms with Crippen LogP contribution in [-0.2, 0) is 4.74 Å². The monoisotopic (exact) mass is 254 g/mol. The molecule has 0 aromatic heterocycles. The average molecular weight is 254 g/mol. The number of nitrogens with one attached hydrogen (secondary N) is 1. The van der Waals surface area contributed by atoms with Crippen molar-refractivity contribution in [1.29, 1.82) is 0 Å². The van der Waals surface area contributed by atoms with E-state index >= 15 is 0 Å². The normalized spacial score (nSPS) is 33.3. The molecule has 2 unspecified atom stereocenters. The molecule has 3 nitrogen and oxygen atoms in total. The van der Waals surface area contributed by atoms with E-state index in [1.54, 1.807) is 0 Å². The maximum atomic E-state index is 5.83. The highest BCUT2D eigenvalue weighted by atomic mass is 16.5. The Morgan fingerprint density at radius 3 is 2.39 bits per heavy atom. The van der Waals surface area contributed by atoms with Crippen LogP contribution in [0.5, 0.6) is 0 Å². The highest BCUT2D eigenvalue weighted by Crippen LogP contribution is 2.46. The van der Waals surface area contributed by atoms with Gasteiger partial charge < -0.3 is 10.1 Å². The van der Waals surface area contributed by atoms with E-state index in [1.807, 2.05) is 0 Å². The average Bonchev–Trinajstić information content (AvgIpc) is 2.36.